The number of hydrogen-bond acceptors (Lipinski definition) is 5. The Balaban J connectivity index is 1.95. The second-order valence-corrected chi connectivity index (χ2v) is 4.11. The van der Waals surface area contributed by atoms with Crippen molar-refractivity contribution in [3.63, 3.8) is 0 Å². The van der Waals surface area contributed by atoms with Gasteiger partial charge in [-0.25, -0.2) is 0 Å². The van der Waals surface area contributed by atoms with Crippen LogP contribution in [-0.2, 0) is 17.9 Å². The van der Waals surface area contributed by atoms with Crippen molar-refractivity contribution < 1.29 is 14.1 Å². The summed E-state index contributed by atoms with van der Waals surface area (Å²) >= 11 is 0. The fourth-order valence-corrected chi connectivity index (χ4v) is 1.65. The summed E-state index contributed by atoms with van der Waals surface area (Å²) in [6.07, 6.45) is 0. The van der Waals surface area contributed by atoms with Crippen molar-refractivity contribution >= 4 is 5.91 Å². The van der Waals surface area contributed by atoms with Gasteiger partial charge in [0.25, 0.3) is 5.91 Å². The molecule has 102 valence electrons. The molecule has 1 aromatic heterocycles. The molecule has 0 unspecified atom stereocenters. The van der Waals surface area contributed by atoms with Gasteiger partial charge in [-0.2, -0.15) is 5.26 Å². The van der Waals surface area contributed by atoms with Crippen molar-refractivity contribution in [1.29, 1.82) is 5.26 Å². The Labute approximate surface area is 115 Å². The van der Waals surface area contributed by atoms with Gasteiger partial charge in [-0.05, 0) is 17.7 Å². The third kappa shape index (κ3) is 3.43. The molecule has 2 rings (SSSR count). The fourth-order valence-electron chi connectivity index (χ4n) is 1.65. The number of nitrogens with zero attached hydrogens (tertiary/aromatic N) is 2. The van der Waals surface area contributed by atoms with Crippen LogP contribution in [0, 0.1) is 11.3 Å². The van der Waals surface area contributed by atoms with Gasteiger partial charge in [0.15, 0.2) is 11.5 Å². The summed E-state index contributed by atoms with van der Waals surface area (Å²) in [4.78, 5) is 11.9. The minimum atomic E-state index is -0.335. The van der Waals surface area contributed by atoms with E-state index in [2.05, 4.69) is 16.5 Å². The van der Waals surface area contributed by atoms with Gasteiger partial charge in [0, 0.05) is 19.7 Å². The number of carbonyl (C=O) groups excluding carboxylic acids is 1. The lowest BCUT2D eigenvalue weighted by molar-refractivity contribution is 0.0941. The standard InChI is InChI=1S/C14H13N3O3/c1-19-9-12-6-13(17-20-12)14(18)16-8-11-4-2-3-10(5-11)7-15/h2-6H,8-9H2,1H3,(H,16,18). The van der Waals surface area contributed by atoms with Crippen molar-refractivity contribution in [3.05, 3.63) is 52.9 Å². The fraction of sp³-hybridized carbons (Fsp3) is 0.214. The van der Waals surface area contributed by atoms with Crippen LogP contribution < -0.4 is 5.32 Å². The minimum Gasteiger partial charge on any atom is -0.377 e. The lowest BCUT2D eigenvalue weighted by Gasteiger charge is -2.03. The molecule has 1 amide bonds. The SMILES string of the molecule is COCc1cc(C(=O)NCc2cccc(C#N)c2)no1. The highest BCUT2D eigenvalue weighted by atomic mass is 16.5. The van der Waals surface area contributed by atoms with E-state index in [9.17, 15) is 4.79 Å². The second-order valence-electron chi connectivity index (χ2n) is 4.11. The number of amides is 1. The number of hydrogen-bond donors (Lipinski definition) is 1. The average Bonchev–Trinajstić information content (AvgIpc) is 2.94. The molecule has 0 aliphatic rings. The highest BCUT2D eigenvalue weighted by molar-refractivity contribution is 5.92. The topological polar surface area (TPSA) is 88.1 Å². The molecule has 6 heteroatoms. The number of benzene rings is 1. The Morgan fingerprint density at radius 3 is 3.10 bits per heavy atom. The van der Waals surface area contributed by atoms with E-state index < -0.39 is 0 Å². The van der Waals surface area contributed by atoms with Gasteiger partial charge >= 0.3 is 0 Å². The van der Waals surface area contributed by atoms with Gasteiger partial charge < -0.3 is 14.6 Å². The first-order valence-electron chi connectivity index (χ1n) is 5.94. The van der Waals surface area contributed by atoms with Gasteiger partial charge in [0.1, 0.15) is 6.61 Å². The molecular formula is C14H13N3O3. The highest BCUT2D eigenvalue weighted by Gasteiger charge is 2.12. The monoisotopic (exact) mass is 271 g/mol. The molecule has 1 N–H and O–H groups in total. The summed E-state index contributed by atoms with van der Waals surface area (Å²) in [5.74, 6) is 0.155. The molecule has 1 heterocycles. The van der Waals surface area contributed by atoms with E-state index in [4.69, 9.17) is 14.5 Å². The van der Waals surface area contributed by atoms with Gasteiger partial charge in [0.05, 0.1) is 11.6 Å². The molecule has 20 heavy (non-hydrogen) atoms. The predicted octanol–water partition coefficient (Wildman–Crippen LogP) is 1.62. The maximum absolute atomic E-state index is 11.9. The second kappa shape index (κ2) is 6.50. The highest BCUT2D eigenvalue weighted by Crippen LogP contribution is 2.06. The van der Waals surface area contributed by atoms with Gasteiger partial charge in [-0.1, -0.05) is 17.3 Å². The van der Waals surface area contributed by atoms with Crippen LogP contribution in [0.1, 0.15) is 27.4 Å². The van der Waals surface area contributed by atoms with Crippen LogP contribution >= 0.6 is 0 Å². The normalized spacial score (nSPS) is 10.0. The molecule has 2 aromatic rings. The first-order chi connectivity index (χ1) is 9.72. The van der Waals surface area contributed by atoms with Crippen molar-refractivity contribution in [2.75, 3.05) is 7.11 Å². The van der Waals surface area contributed by atoms with Gasteiger partial charge in [0.2, 0.25) is 0 Å². The molecule has 0 bridgehead atoms. The third-order valence-electron chi connectivity index (χ3n) is 2.59. The summed E-state index contributed by atoms with van der Waals surface area (Å²) in [7, 11) is 1.53. The van der Waals surface area contributed by atoms with Crippen LogP contribution in [0.4, 0.5) is 0 Å². The maximum Gasteiger partial charge on any atom is 0.273 e. The van der Waals surface area contributed by atoms with Crippen molar-refractivity contribution in [1.82, 2.24) is 10.5 Å². The maximum atomic E-state index is 11.9. The summed E-state index contributed by atoms with van der Waals surface area (Å²) in [6, 6.07) is 10.6. The zero-order chi connectivity index (χ0) is 14.4. The lowest BCUT2D eigenvalue weighted by atomic mass is 10.1. The Morgan fingerprint density at radius 1 is 1.50 bits per heavy atom. The largest absolute Gasteiger partial charge is 0.377 e. The van der Waals surface area contributed by atoms with E-state index in [1.54, 1.807) is 18.2 Å². The van der Waals surface area contributed by atoms with Crippen LogP contribution in [0.5, 0.6) is 0 Å². The predicted molar refractivity (Wildman–Crippen MR) is 69.5 cm³/mol. The average molecular weight is 271 g/mol. The molecule has 0 aliphatic carbocycles. The summed E-state index contributed by atoms with van der Waals surface area (Å²) in [5.41, 5.74) is 1.60. The number of ether oxygens (including phenoxy) is 1. The van der Waals surface area contributed by atoms with Crippen molar-refractivity contribution in [2.24, 2.45) is 0 Å². The lowest BCUT2D eigenvalue weighted by Crippen LogP contribution is -2.23. The third-order valence-corrected chi connectivity index (χ3v) is 2.59. The van der Waals surface area contributed by atoms with E-state index in [0.717, 1.165) is 5.56 Å². The number of nitrogens with one attached hydrogen (secondary N) is 1. The molecular weight excluding hydrogens is 258 g/mol. The molecule has 0 atom stereocenters. The molecule has 6 nitrogen and oxygen atoms in total. The van der Waals surface area contributed by atoms with E-state index >= 15 is 0 Å². The number of carbonyl (C=O) groups is 1. The molecule has 0 saturated carbocycles. The molecule has 1 aromatic carbocycles. The Bertz CT molecular complexity index is 643. The first kappa shape index (κ1) is 13.8. The van der Waals surface area contributed by atoms with Crippen molar-refractivity contribution in [3.8, 4) is 6.07 Å². The Morgan fingerprint density at radius 2 is 2.35 bits per heavy atom. The number of nitriles is 1. The zero-order valence-corrected chi connectivity index (χ0v) is 10.9. The smallest absolute Gasteiger partial charge is 0.273 e. The zero-order valence-electron chi connectivity index (χ0n) is 10.9. The van der Waals surface area contributed by atoms with E-state index in [1.807, 2.05) is 6.07 Å². The van der Waals surface area contributed by atoms with Crippen LogP contribution in [0.3, 0.4) is 0 Å². The van der Waals surface area contributed by atoms with Crippen molar-refractivity contribution in [2.45, 2.75) is 13.2 Å². The number of methoxy groups -OCH3 is 1. The number of aromatic nitrogens is 1. The molecule has 0 saturated heterocycles. The molecule has 0 radical (unpaired) electrons. The molecule has 0 fully saturated rings. The quantitative estimate of drug-likeness (QED) is 0.892. The van der Waals surface area contributed by atoms with Crippen LogP contribution in [0.25, 0.3) is 0 Å². The summed E-state index contributed by atoms with van der Waals surface area (Å²) in [6.45, 7) is 0.589. The first-order valence-corrected chi connectivity index (χ1v) is 5.94. The van der Waals surface area contributed by atoms with Gasteiger partial charge in [-0.15, -0.1) is 0 Å². The summed E-state index contributed by atoms with van der Waals surface area (Å²) in [5, 5.41) is 15.2. The van der Waals surface area contributed by atoms with Crippen LogP contribution in [0.15, 0.2) is 34.9 Å². The van der Waals surface area contributed by atoms with Gasteiger partial charge in [-0.3, -0.25) is 4.79 Å². The van der Waals surface area contributed by atoms with E-state index in [-0.39, 0.29) is 18.2 Å². The Hall–Kier alpha value is -2.65. The van der Waals surface area contributed by atoms with E-state index in [0.29, 0.717) is 17.9 Å². The van der Waals surface area contributed by atoms with Crippen LogP contribution in [-0.4, -0.2) is 18.2 Å². The minimum absolute atomic E-state index is 0.202. The summed E-state index contributed by atoms with van der Waals surface area (Å²) < 4.78 is 9.82. The van der Waals surface area contributed by atoms with E-state index in [1.165, 1.54) is 13.2 Å². The van der Waals surface area contributed by atoms with Crippen LogP contribution in [0.2, 0.25) is 0 Å². The molecule has 0 aliphatic heterocycles. The number of rotatable bonds is 5. The molecule has 0 spiro atoms. The Kier molecular flexibility index (Phi) is 4.47.